The van der Waals surface area contributed by atoms with Crippen molar-refractivity contribution in [1.82, 2.24) is 30.0 Å². The van der Waals surface area contributed by atoms with Gasteiger partial charge in [0.15, 0.2) is 0 Å². The van der Waals surface area contributed by atoms with E-state index in [1.807, 2.05) is 28.9 Å². The van der Waals surface area contributed by atoms with E-state index in [0.29, 0.717) is 31.9 Å². The van der Waals surface area contributed by atoms with Gasteiger partial charge in [0.1, 0.15) is 5.82 Å². The summed E-state index contributed by atoms with van der Waals surface area (Å²) in [5, 5.41) is 7.42. The fraction of sp³-hybridized carbons (Fsp3) is 0.364. The zero-order valence-electron chi connectivity index (χ0n) is 17.6. The van der Waals surface area contributed by atoms with Crippen LogP contribution in [0.25, 0.3) is 11.3 Å². The van der Waals surface area contributed by atoms with Gasteiger partial charge >= 0.3 is 12.2 Å². The lowest BCUT2D eigenvalue weighted by molar-refractivity contribution is -0.137. The smallest absolute Gasteiger partial charge is 0.383 e. The molecule has 3 aromatic rings. The molecule has 1 saturated heterocycles. The lowest BCUT2D eigenvalue weighted by atomic mass is 9.82. The molecule has 5 rings (SSSR count). The van der Waals surface area contributed by atoms with E-state index in [9.17, 15) is 18.0 Å². The van der Waals surface area contributed by atoms with Crippen LogP contribution in [-0.2, 0) is 24.7 Å². The number of nitrogen functional groups attached to an aromatic ring is 1. The van der Waals surface area contributed by atoms with Crippen molar-refractivity contribution in [3.8, 4) is 11.3 Å². The van der Waals surface area contributed by atoms with E-state index in [4.69, 9.17) is 5.73 Å². The van der Waals surface area contributed by atoms with Gasteiger partial charge in [-0.1, -0.05) is 6.07 Å². The van der Waals surface area contributed by atoms with Crippen molar-refractivity contribution in [2.24, 2.45) is 0 Å². The van der Waals surface area contributed by atoms with Crippen LogP contribution in [0.4, 0.5) is 23.8 Å². The number of nitrogens with zero attached hydrogens (tertiary/aromatic N) is 5. The van der Waals surface area contributed by atoms with Crippen LogP contribution in [0.1, 0.15) is 29.8 Å². The quantitative estimate of drug-likeness (QED) is 0.629. The average molecular weight is 457 g/mol. The van der Waals surface area contributed by atoms with Crippen molar-refractivity contribution in [2.75, 3.05) is 18.8 Å². The first-order valence-corrected chi connectivity index (χ1v) is 10.6. The number of anilines is 1. The molecule has 0 aromatic carbocycles. The molecule has 11 heteroatoms. The van der Waals surface area contributed by atoms with Crippen molar-refractivity contribution in [3.63, 3.8) is 0 Å². The van der Waals surface area contributed by atoms with Crippen LogP contribution in [0.5, 0.6) is 0 Å². The molecule has 172 valence electrons. The minimum absolute atomic E-state index is 0.159. The second-order valence-corrected chi connectivity index (χ2v) is 8.47. The molecular weight excluding hydrogens is 435 g/mol. The number of hydrogen-bond donors (Lipinski definition) is 2. The van der Waals surface area contributed by atoms with E-state index in [1.165, 1.54) is 6.20 Å². The number of alkyl halides is 3. The Hall–Kier alpha value is -3.63. The highest BCUT2D eigenvalue weighted by atomic mass is 19.4. The lowest BCUT2D eigenvalue weighted by Gasteiger charge is -2.23. The summed E-state index contributed by atoms with van der Waals surface area (Å²) in [6.45, 7) is 2.11. The van der Waals surface area contributed by atoms with Gasteiger partial charge in [-0.25, -0.2) is 9.78 Å². The van der Waals surface area contributed by atoms with Gasteiger partial charge in [-0.2, -0.15) is 18.3 Å². The van der Waals surface area contributed by atoms with Gasteiger partial charge < -0.3 is 16.0 Å². The maximum atomic E-state index is 13.2. The van der Waals surface area contributed by atoms with Crippen LogP contribution in [0.2, 0.25) is 0 Å². The van der Waals surface area contributed by atoms with Gasteiger partial charge in [0.25, 0.3) is 0 Å². The van der Waals surface area contributed by atoms with Crippen LogP contribution in [0.3, 0.4) is 0 Å². The summed E-state index contributed by atoms with van der Waals surface area (Å²) in [5.41, 5.74) is 6.57. The van der Waals surface area contributed by atoms with Crippen molar-refractivity contribution < 1.29 is 18.0 Å². The van der Waals surface area contributed by atoms with Gasteiger partial charge in [-0.3, -0.25) is 9.67 Å². The maximum Gasteiger partial charge on any atom is 0.419 e. The Labute approximate surface area is 187 Å². The summed E-state index contributed by atoms with van der Waals surface area (Å²) in [7, 11) is 0. The predicted octanol–water partition coefficient (Wildman–Crippen LogP) is 3.20. The number of fused-ring (bicyclic) bond motifs is 2. The van der Waals surface area contributed by atoms with Crippen molar-refractivity contribution in [1.29, 1.82) is 0 Å². The number of likely N-dealkylation sites (tertiary alicyclic amines) is 1. The number of carbonyl (C=O) groups excluding carboxylic acids is 1. The van der Waals surface area contributed by atoms with Gasteiger partial charge in [-0.15, -0.1) is 0 Å². The monoisotopic (exact) mass is 457 g/mol. The third kappa shape index (κ3) is 3.87. The SMILES string of the molecule is Nc1ncc(-c2cc3n(n2)CC[C@@]32CCN(C(=O)NCc3ccccn3)C2)cc1C(F)(F)F. The molecule has 0 saturated carbocycles. The van der Waals surface area contributed by atoms with Gasteiger partial charge in [0, 0.05) is 48.7 Å². The number of hydrogen-bond acceptors (Lipinski definition) is 5. The molecule has 0 radical (unpaired) electrons. The summed E-state index contributed by atoms with van der Waals surface area (Å²) in [4.78, 5) is 22.4. The van der Waals surface area contributed by atoms with Gasteiger partial charge in [0.2, 0.25) is 0 Å². The molecular formula is C22H22F3N7O. The predicted molar refractivity (Wildman–Crippen MR) is 114 cm³/mol. The van der Waals surface area contributed by atoms with Crippen LogP contribution in [-0.4, -0.2) is 43.8 Å². The molecule has 1 fully saturated rings. The number of rotatable bonds is 3. The Bertz CT molecular complexity index is 1190. The molecule has 1 spiro atoms. The number of nitrogens with one attached hydrogen (secondary N) is 1. The Kier molecular flexibility index (Phi) is 4.98. The number of urea groups is 1. The third-order valence-electron chi connectivity index (χ3n) is 6.43. The highest BCUT2D eigenvalue weighted by Crippen LogP contribution is 2.44. The number of halogens is 3. The number of amides is 2. The summed E-state index contributed by atoms with van der Waals surface area (Å²) in [6, 6.07) is 8.17. The number of nitrogens with two attached hydrogens (primary N) is 1. The number of carbonyl (C=O) groups is 1. The molecule has 3 N–H and O–H groups in total. The van der Waals surface area contributed by atoms with Crippen LogP contribution >= 0.6 is 0 Å². The number of aryl methyl sites for hydroxylation is 1. The van der Waals surface area contributed by atoms with Crippen LogP contribution in [0.15, 0.2) is 42.7 Å². The Balaban J connectivity index is 1.33. The van der Waals surface area contributed by atoms with Crippen LogP contribution in [0, 0.1) is 0 Å². The van der Waals surface area contributed by atoms with E-state index in [0.717, 1.165) is 30.3 Å². The molecule has 2 aliphatic rings. The van der Waals surface area contributed by atoms with E-state index < -0.39 is 17.6 Å². The average Bonchev–Trinajstić information content (AvgIpc) is 3.49. The second-order valence-electron chi connectivity index (χ2n) is 8.47. The molecule has 1 atom stereocenters. The van der Waals surface area contributed by atoms with Crippen molar-refractivity contribution >= 4 is 11.8 Å². The van der Waals surface area contributed by atoms with Crippen molar-refractivity contribution in [2.45, 2.75) is 37.5 Å². The highest BCUT2D eigenvalue weighted by Gasteiger charge is 2.47. The first kappa shape index (κ1) is 21.2. The maximum absolute atomic E-state index is 13.2. The Morgan fingerprint density at radius 2 is 2.00 bits per heavy atom. The molecule has 0 aliphatic carbocycles. The number of aromatic nitrogens is 4. The molecule has 0 bridgehead atoms. The first-order chi connectivity index (χ1) is 15.7. The first-order valence-electron chi connectivity index (χ1n) is 10.6. The normalized spacial score (nSPS) is 19.8. The highest BCUT2D eigenvalue weighted by molar-refractivity contribution is 5.75. The van der Waals surface area contributed by atoms with Gasteiger partial charge in [-0.05, 0) is 37.1 Å². The third-order valence-corrected chi connectivity index (χ3v) is 6.43. The fourth-order valence-electron chi connectivity index (χ4n) is 4.69. The molecule has 3 aromatic heterocycles. The summed E-state index contributed by atoms with van der Waals surface area (Å²) in [5.74, 6) is -0.558. The Morgan fingerprint density at radius 3 is 2.76 bits per heavy atom. The zero-order valence-corrected chi connectivity index (χ0v) is 17.6. The molecule has 2 amide bonds. The minimum Gasteiger partial charge on any atom is -0.383 e. The topological polar surface area (TPSA) is 102 Å². The van der Waals surface area contributed by atoms with E-state index in [2.05, 4.69) is 20.4 Å². The van der Waals surface area contributed by atoms with E-state index in [-0.39, 0.29) is 17.0 Å². The standard InChI is InChI=1S/C22H22F3N7O/c23-22(24,25)16-9-14(11-28-19(16)26)17-10-18-21(5-8-32(18)30-17)4-7-31(13-21)20(33)29-12-15-3-1-2-6-27-15/h1-3,6,9-11H,4-5,7-8,12-13H2,(H2,26,28)(H,29,33)/t21-/m1/s1. The second kappa shape index (κ2) is 7.75. The molecule has 0 unspecified atom stereocenters. The Morgan fingerprint density at radius 1 is 1.18 bits per heavy atom. The summed E-state index contributed by atoms with van der Waals surface area (Å²) < 4.78 is 41.6. The molecule has 5 heterocycles. The largest absolute Gasteiger partial charge is 0.419 e. The molecule has 2 aliphatic heterocycles. The minimum atomic E-state index is -4.59. The fourth-order valence-corrected chi connectivity index (χ4v) is 4.69. The summed E-state index contributed by atoms with van der Waals surface area (Å²) in [6.07, 6.45) is -0.0130. The van der Waals surface area contributed by atoms with Crippen molar-refractivity contribution in [3.05, 3.63) is 59.7 Å². The molecule has 33 heavy (non-hydrogen) atoms. The zero-order chi connectivity index (χ0) is 23.2. The molecule has 8 nitrogen and oxygen atoms in total. The number of pyridine rings is 2. The van der Waals surface area contributed by atoms with E-state index in [1.54, 1.807) is 11.1 Å². The van der Waals surface area contributed by atoms with Gasteiger partial charge in [0.05, 0.1) is 23.5 Å². The van der Waals surface area contributed by atoms with E-state index >= 15 is 0 Å². The lowest BCUT2D eigenvalue weighted by Crippen LogP contribution is -2.40. The van der Waals surface area contributed by atoms with Crippen LogP contribution < -0.4 is 11.1 Å². The summed E-state index contributed by atoms with van der Waals surface area (Å²) >= 11 is 0.